The van der Waals surface area contributed by atoms with E-state index in [-0.39, 0.29) is 11.9 Å². The van der Waals surface area contributed by atoms with E-state index < -0.39 is 0 Å². The van der Waals surface area contributed by atoms with Gasteiger partial charge in [-0.25, -0.2) is 9.97 Å². The molecule has 1 aliphatic heterocycles. The molecule has 7 nitrogen and oxygen atoms in total. The summed E-state index contributed by atoms with van der Waals surface area (Å²) >= 11 is 0. The zero-order valence-corrected chi connectivity index (χ0v) is 13.9. The highest BCUT2D eigenvalue weighted by atomic mass is 16.5. The molecule has 1 aliphatic rings. The lowest BCUT2D eigenvalue weighted by molar-refractivity contribution is -0.148. The molecule has 23 heavy (non-hydrogen) atoms. The van der Waals surface area contributed by atoms with Crippen LogP contribution in [0, 0.1) is 12.8 Å². The van der Waals surface area contributed by atoms with Crippen LogP contribution in [0.2, 0.25) is 0 Å². The quantitative estimate of drug-likeness (QED) is 0.802. The molecule has 0 N–H and O–H groups in total. The van der Waals surface area contributed by atoms with Gasteiger partial charge >= 0.3 is 5.97 Å². The summed E-state index contributed by atoms with van der Waals surface area (Å²) in [5, 5.41) is 4.54. The summed E-state index contributed by atoms with van der Waals surface area (Å²) in [5.74, 6) is 0.843. The van der Waals surface area contributed by atoms with Crippen LogP contribution in [0.25, 0.3) is 11.0 Å². The average molecular weight is 317 g/mol. The van der Waals surface area contributed by atoms with Gasteiger partial charge in [-0.2, -0.15) is 5.10 Å². The molecule has 3 rings (SSSR count). The number of esters is 1. The van der Waals surface area contributed by atoms with Gasteiger partial charge in [-0.05, 0) is 33.6 Å². The number of nitrogens with zero attached hydrogens (tertiary/aromatic N) is 5. The van der Waals surface area contributed by atoms with E-state index in [0.717, 1.165) is 55.0 Å². The molecule has 2 aromatic rings. The minimum atomic E-state index is -0.0746. The molecular formula is C16H23N5O2. The fourth-order valence-corrected chi connectivity index (χ4v) is 3.20. The number of hydrogen-bond acceptors (Lipinski definition) is 6. The van der Waals surface area contributed by atoms with Crippen LogP contribution in [-0.2, 0) is 16.1 Å². The number of fused-ring (bicyclic) bond motifs is 1. The molecule has 0 amide bonds. The fraction of sp³-hybridized carbons (Fsp3) is 0.625. The molecule has 0 unspecified atom stereocenters. The summed E-state index contributed by atoms with van der Waals surface area (Å²) in [6.07, 6.45) is 3.19. The van der Waals surface area contributed by atoms with Crippen molar-refractivity contribution in [3.63, 3.8) is 0 Å². The van der Waals surface area contributed by atoms with Gasteiger partial charge in [0.2, 0.25) is 0 Å². The van der Waals surface area contributed by atoms with Gasteiger partial charge in [0.1, 0.15) is 17.4 Å². The van der Waals surface area contributed by atoms with Gasteiger partial charge in [-0.3, -0.25) is 9.48 Å². The number of anilines is 1. The Morgan fingerprint density at radius 1 is 1.30 bits per heavy atom. The Hall–Kier alpha value is -2.18. The van der Waals surface area contributed by atoms with Gasteiger partial charge in [0.15, 0.2) is 5.82 Å². The molecule has 1 fully saturated rings. The van der Waals surface area contributed by atoms with Crippen molar-refractivity contribution < 1.29 is 9.53 Å². The van der Waals surface area contributed by atoms with Crippen molar-refractivity contribution in [3.05, 3.63) is 12.0 Å². The monoisotopic (exact) mass is 317 g/mol. The van der Waals surface area contributed by atoms with E-state index in [4.69, 9.17) is 4.74 Å². The van der Waals surface area contributed by atoms with E-state index in [0.29, 0.717) is 6.61 Å². The van der Waals surface area contributed by atoms with Gasteiger partial charge < -0.3 is 9.64 Å². The molecule has 3 heterocycles. The molecule has 0 saturated carbocycles. The van der Waals surface area contributed by atoms with E-state index in [9.17, 15) is 4.79 Å². The largest absolute Gasteiger partial charge is 0.466 e. The Bertz CT molecular complexity index is 704. The second-order valence-electron chi connectivity index (χ2n) is 5.81. The van der Waals surface area contributed by atoms with Crippen molar-refractivity contribution in [1.82, 2.24) is 19.7 Å². The molecule has 0 spiro atoms. The van der Waals surface area contributed by atoms with Crippen LogP contribution in [0.15, 0.2) is 6.33 Å². The second kappa shape index (κ2) is 6.52. The van der Waals surface area contributed by atoms with Crippen LogP contribution in [0.3, 0.4) is 0 Å². The van der Waals surface area contributed by atoms with Gasteiger partial charge in [-0.15, -0.1) is 0 Å². The van der Waals surface area contributed by atoms with E-state index in [2.05, 4.69) is 26.9 Å². The molecule has 0 bridgehead atoms. The summed E-state index contributed by atoms with van der Waals surface area (Å²) in [5.41, 5.74) is 2.82. The van der Waals surface area contributed by atoms with Crippen molar-refractivity contribution in [1.29, 1.82) is 0 Å². The van der Waals surface area contributed by atoms with Crippen LogP contribution < -0.4 is 4.90 Å². The summed E-state index contributed by atoms with van der Waals surface area (Å²) in [4.78, 5) is 23.0. The van der Waals surface area contributed by atoms with Gasteiger partial charge in [0.25, 0.3) is 0 Å². The highest BCUT2D eigenvalue weighted by Gasteiger charge is 2.28. The Kier molecular flexibility index (Phi) is 4.45. The molecule has 124 valence electrons. The van der Waals surface area contributed by atoms with Crippen molar-refractivity contribution in [3.8, 4) is 0 Å². The third kappa shape index (κ3) is 2.87. The minimum Gasteiger partial charge on any atom is -0.466 e. The number of hydrogen-bond donors (Lipinski definition) is 0. The zero-order chi connectivity index (χ0) is 16.4. The molecule has 1 saturated heterocycles. The van der Waals surface area contributed by atoms with Gasteiger partial charge in [-0.1, -0.05) is 0 Å². The maximum Gasteiger partial charge on any atom is 0.309 e. The second-order valence-corrected chi connectivity index (χ2v) is 5.81. The molecule has 2 aromatic heterocycles. The van der Waals surface area contributed by atoms with Crippen molar-refractivity contribution in [2.45, 2.75) is 40.2 Å². The van der Waals surface area contributed by atoms with Crippen LogP contribution >= 0.6 is 0 Å². The standard InChI is InChI=1S/C16H23N5O2/c1-4-21-14-13(11(3)19-21)17-10-18-15(14)20-8-6-12(7-9-20)16(22)23-5-2/h10,12H,4-9H2,1-3H3. The van der Waals surface area contributed by atoms with E-state index in [1.807, 2.05) is 18.5 Å². The minimum absolute atomic E-state index is 0.00125. The van der Waals surface area contributed by atoms with E-state index in [1.54, 1.807) is 6.33 Å². The van der Waals surface area contributed by atoms with E-state index in [1.165, 1.54) is 0 Å². The molecule has 7 heteroatoms. The van der Waals surface area contributed by atoms with E-state index >= 15 is 0 Å². The maximum absolute atomic E-state index is 11.9. The van der Waals surface area contributed by atoms with Gasteiger partial charge in [0.05, 0.1) is 18.2 Å². The Morgan fingerprint density at radius 2 is 2.04 bits per heavy atom. The smallest absolute Gasteiger partial charge is 0.309 e. The number of carbonyl (C=O) groups excluding carboxylic acids is 1. The molecule has 0 radical (unpaired) electrons. The van der Waals surface area contributed by atoms with Crippen molar-refractivity contribution >= 4 is 22.8 Å². The third-order valence-corrected chi connectivity index (χ3v) is 4.39. The summed E-state index contributed by atoms with van der Waals surface area (Å²) in [6, 6.07) is 0. The number of aryl methyl sites for hydroxylation is 2. The number of rotatable bonds is 4. The zero-order valence-electron chi connectivity index (χ0n) is 13.9. The lowest BCUT2D eigenvalue weighted by Crippen LogP contribution is -2.37. The summed E-state index contributed by atoms with van der Waals surface area (Å²) in [7, 11) is 0. The highest BCUT2D eigenvalue weighted by Crippen LogP contribution is 2.29. The predicted molar refractivity (Wildman–Crippen MR) is 87.3 cm³/mol. The topological polar surface area (TPSA) is 73.1 Å². The summed E-state index contributed by atoms with van der Waals surface area (Å²) in [6.45, 7) is 8.70. The normalized spacial score (nSPS) is 16.0. The average Bonchev–Trinajstić information content (AvgIpc) is 2.92. The number of carbonyl (C=O) groups is 1. The fourth-order valence-electron chi connectivity index (χ4n) is 3.20. The predicted octanol–water partition coefficient (Wildman–Crippen LogP) is 1.93. The lowest BCUT2D eigenvalue weighted by Gasteiger charge is -2.32. The van der Waals surface area contributed by atoms with Crippen LogP contribution in [0.4, 0.5) is 5.82 Å². The lowest BCUT2D eigenvalue weighted by atomic mass is 9.97. The Morgan fingerprint density at radius 3 is 2.70 bits per heavy atom. The number of ether oxygens (including phenoxy) is 1. The highest BCUT2D eigenvalue weighted by molar-refractivity contribution is 5.88. The summed E-state index contributed by atoms with van der Waals surface area (Å²) < 4.78 is 7.09. The van der Waals surface area contributed by atoms with Crippen LogP contribution in [0.5, 0.6) is 0 Å². The first-order valence-electron chi connectivity index (χ1n) is 8.25. The Labute approximate surface area is 135 Å². The maximum atomic E-state index is 11.9. The van der Waals surface area contributed by atoms with Crippen LogP contribution in [0.1, 0.15) is 32.4 Å². The number of aromatic nitrogens is 4. The third-order valence-electron chi connectivity index (χ3n) is 4.39. The van der Waals surface area contributed by atoms with Gasteiger partial charge in [0, 0.05) is 19.6 Å². The molecule has 0 aliphatic carbocycles. The van der Waals surface area contributed by atoms with Crippen LogP contribution in [-0.4, -0.2) is 45.4 Å². The first kappa shape index (κ1) is 15.7. The van der Waals surface area contributed by atoms with Crippen molar-refractivity contribution in [2.75, 3.05) is 24.6 Å². The van der Waals surface area contributed by atoms with Crippen molar-refractivity contribution in [2.24, 2.45) is 5.92 Å². The molecular weight excluding hydrogens is 294 g/mol. The molecule has 0 atom stereocenters. The SMILES string of the molecule is CCOC(=O)C1CCN(c2ncnc3c(C)nn(CC)c23)CC1. The Balaban J connectivity index is 1.84. The number of piperidine rings is 1. The first-order chi connectivity index (χ1) is 11.2. The molecule has 0 aromatic carbocycles. The first-order valence-corrected chi connectivity index (χ1v) is 8.25.